The Kier molecular flexibility index (Phi) is 6.26. The fourth-order valence-corrected chi connectivity index (χ4v) is 6.34. The summed E-state index contributed by atoms with van der Waals surface area (Å²) in [6.07, 6.45) is 0.688. The van der Waals surface area contributed by atoms with Gasteiger partial charge in [-0.25, -0.2) is 17.7 Å². The molecular formula is C16H22Cl2N4O4S2. The van der Waals surface area contributed by atoms with Crippen molar-refractivity contribution >= 4 is 56.4 Å². The van der Waals surface area contributed by atoms with E-state index in [9.17, 15) is 18.0 Å². The number of hydrogen-bond donors (Lipinski definition) is 1. The number of carbonyl (C=O) groups excluding carboxylic acids is 2. The summed E-state index contributed by atoms with van der Waals surface area (Å²) in [6, 6.07) is -0.257. The quantitative estimate of drug-likeness (QED) is 0.710. The highest BCUT2D eigenvalue weighted by Crippen LogP contribution is 2.33. The fourth-order valence-electron chi connectivity index (χ4n) is 3.52. The largest absolute Gasteiger partial charge is 0.351 e. The lowest BCUT2D eigenvalue weighted by Gasteiger charge is -2.26. The second-order valence-electron chi connectivity index (χ2n) is 7.70. The van der Waals surface area contributed by atoms with Crippen LogP contribution in [-0.4, -0.2) is 72.4 Å². The number of amides is 2. The van der Waals surface area contributed by atoms with Gasteiger partial charge in [0.05, 0.1) is 11.8 Å². The van der Waals surface area contributed by atoms with Gasteiger partial charge >= 0.3 is 0 Å². The topological polar surface area (TPSA) is 99.7 Å². The van der Waals surface area contributed by atoms with Crippen LogP contribution in [0.4, 0.5) is 0 Å². The van der Waals surface area contributed by atoms with E-state index in [0.29, 0.717) is 26.1 Å². The molecule has 0 aromatic carbocycles. The van der Waals surface area contributed by atoms with E-state index in [-0.39, 0.29) is 56.5 Å². The lowest BCUT2D eigenvalue weighted by molar-refractivity contribution is -0.122. The Hall–Kier alpha value is -0.940. The molecule has 1 atom stereocenters. The van der Waals surface area contributed by atoms with E-state index >= 15 is 0 Å². The molecule has 8 nitrogen and oxygen atoms in total. The molecule has 2 saturated heterocycles. The highest BCUT2D eigenvalue weighted by Gasteiger charge is 2.43. The summed E-state index contributed by atoms with van der Waals surface area (Å²) in [6.45, 7) is 5.33. The Morgan fingerprint density at radius 2 is 2.07 bits per heavy atom. The van der Waals surface area contributed by atoms with Gasteiger partial charge in [0.2, 0.25) is 15.9 Å². The molecule has 2 aliphatic heterocycles. The van der Waals surface area contributed by atoms with E-state index in [4.69, 9.17) is 23.2 Å². The number of hydrogen-bond acceptors (Lipinski definition) is 6. The van der Waals surface area contributed by atoms with Gasteiger partial charge in [-0.1, -0.05) is 48.4 Å². The summed E-state index contributed by atoms with van der Waals surface area (Å²) in [5, 5.41) is 2.95. The van der Waals surface area contributed by atoms with E-state index in [1.807, 2.05) is 13.8 Å². The molecule has 3 rings (SSSR count). The van der Waals surface area contributed by atoms with Gasteiger partial charge in [0.15, 0.2) is 10.2 Å². The first-order chi connectivity index (χ1) is 13.0. The third-order valence-corrected chi connectivity index (χ3v) is 8.44. The van der Waals surface area contributed by atoms with Crippen molar-refractivity contribution in [2.75, 3.05) is 31.9 Å². The zero-order valence-electron chi connectivity index (χ0n) is 15.6. The van der Waals surface area contributed by atoms with E-state index in [1.165, 1.54) is 4.31 Å². The minimum absolute atomic E-state index is 0.0906. The van der Waals surface area contributed by atoms with Crippen LogP contribution in [0.1, 0.15) is 37.2 Å². The highest BCUT2D eigenvalue weighted by atomic mass is 35.5. The Balaban J connectivity index is 1.59. The Morgan fingerprint density at radius 1 is 1.36 bits per heavy atom. The maximum absolute atomic E-state index is 12.7. The average Bonchev–Trinajstić information content (AvgIpc) is 3.20. The molecule has 2 amide bonds. The second kappa shape index (κ2) is 8.06. The maximum atomic E-state index is 12.7. The van der Waals surface area contributed by atoms with Crippen LogP contribution >= 0.6 is 34.5 Å². The van der Waals surface area contributed by atoms with Crippen molar-refractivity contribution in [1.82, 2.24) is 19.5 Å². The molecular weight excluding hydrogens is 447 g/mol. The van der Waals surface area contributed by atoms with Crippen LogP contribution in [0.15, 0.2) is 0 Å². The van der Waals surface area contributed by atoms with Gasteiger partial charge in [-0.15, -0.1) is 0 Å². The summed E-state index contributed by atoms with van der Waals surface area (Å²) in [7, 11) is -3.21. The first kappa shape index (κ1) is 21.8. The first-order valence-corrected chi connectivity index (χ1v) is 12.1. The van der Waals surface area contributed by atoms with Gasteiger partial charge in [-0.3, -0.25) is 9.59 Å². The number of nitrogens with zero attached hydrogens (tertiary/aromatic N) is 3. The Bertz CT molecular complexity index is 887. The van der Waals surface area contributed by atoms with Gasteiger partial charge in [0, 0.05) is 38.0 Å². The van der Waals surface area contributed by atoms with E-state index in [1.54, 1.807) is 4.90 Å². The van der Waals surface area contributed by atoms with Crippen molar-refractivity contribution in [2.24, 2.45) is 5.41 Å². The molecule has 1 N–H and O–H groups in total. The van der Waals surface area contributed by atoms with Gasteiger partial charge in [0.25, 0.3) is 5.91 Å². The SMILES string of the molecule is CC1(C)CN(C(=O)c2nc(Cl)sc2Cl)CC1NC(=O)CCN1CCCS1(=O)=O. The van der Waals surface area contributed by atoms with Crippen LogP contribution in [0, 0.1) is 5.41 Å². The van der Waals surface area contributed by atoms with Crippen molar-refractivity contribution in [2.45, 2.75) is 32.7 Å². The molecule has 0 spiro atoms. The van der Waals surface area contributed by atoms with Crippen molar-refractivity contribution in [3.63, 3.8) is 0 Å². The number of likely N-dealkylation sites (tertiary alicyclic amines) is 1. The second-order valence-corrected chi connectivity index (χ2v) is 12.0. The normalized spacial score (nSPS) is 23.9. The van der Waals surface area contributed by atoms with Gasteiger partial charge in [-0.05, 0) is 6.42 Å². The third kappa shape index (κ3) is 4.62. The predicted molar refractivity (Wildman–Crippen MR) is 108 cm³/mol. The molecule has 0 saturated carbocycles. The average molecular weight is 469 g/mol. The Labute approximate surface area is 178 Å². The smallest absolute Gasteiger partial charge is 0.275 e. The maximum Gasteiger partial charge on any atom is 0.275 e. The number of sulfonamides is 1. The van der Waals surface area contributed by atoms with Crippen LogP contribution in [0.25, 0.3) is 0 Å². The monoisotopic (exact) mass is 468 g/mol. The summed E-state index contributed by atoms with van der Waals surface area (Å²) < 4.78 is 25.5. The Morgan fingerprint density at radius 3 is 2.64 bits per heavy atom. The molecule has 3 heterocycles. The van der Waals surface area contributed by atoms with Crippen LogP contribution in [-0.2, 0) is 14.8 Å². The van der Waals surface area contributed by atoms with Gasteiger partial charge < -0.3 is 10.2 Å². The van der Waals surface area contributed by atoms with Gasteiger partial charge in [-0.2, -0.15) is 0 Å². The zero-order valence-corrected chi connectivity index (χ0v) is 18.7. The fraction of sp³-hybridized carbons (Fsp3) is 0.688. The third-order valence-electron chi connectivity index (χ3n) is 5.12. The molecule has 1 aromatic rings. The van der Waals surface area contributed by atoms with E-state index < -0.39 is 10.0 Å². The summed E-state index contributed by atoms with van der Waals surface area (Å²) in [5.74, 6) is -0.407. The van der Waals surface area contributed by atoms with Crippen LogP contribution in [0.3, 0.4) is 0 Å². The molecule has 2 aliphatic rings. The molecule has 0 bridgehead atoms. The van der Waals surface area contributed by atoms with Crippen molar-refractivity contribution in [3.05, 3.63) is 14.5 Å². The van der Waals surface area contributed by atoms with Crippen molar-refractivity contribution < 1.29 is 18.0 Å². The molecule has 28 heavy (non-hydrogen) atoms. The minimum Gasteiger partial charge on any atom is -0.351 e. The number of carbonyl (C=O) groups is 2. The van der Waals surface area contributed by atoms with E-state index in [0.717, 1.165) is 11.3 Å². The molecule has 1 unspecified atom stereocenters. The summed E-state index contributed by atoms with van der Waals surface area (Å²) >= 11 is 12.9. The van der Waals surface area contributed by atoms with Crippen LogP contribution < -0.4 is 5.32 Å². The first-order valence-electron chi connectivity index (χ1n) is 8.88. The predicted octanol–water partition coefficient (Wildman–Crippen LogP) is 1.84. The van der Waals surface area contributed by atoms with Crippen molar-refractivity contribution in [3.8, 4) is 0 Å². The standard InChI is InChI=1S/C16H22Cl2N4O4S2/c1-16(2)9-21(14(24)12-13(17)27-15(18)20-12)8-10(16)19-11(23)4-6-22-5-3-7-28(22,25)26/h10H,3-9H2,1-2H3,(H,19,23). The number of aromatic nitrogens is 1. The zero-order chi connectivity index (χ0) is 20.7. The molecule has 0 radical (unpaired) electrons. The molecule has 0 aliphatic carbocycles. The highest BCUT2D eigenvalue weighted by molar-refractivity contribution is 7.89. The minimum atomic E-state index is -3.21. The van der Waals surface area contributed by atoms with Gasteiger partial charge in [0.1, 0.15) is 4.34 Å². The van der Waals surface area contributed by atoms with E-state index in [2.05, 4.69) is 10.3 Å². The number of halogens is 2. The number of thiazole rings is 1. The lowest BCUT2D eigenvalue weighted by Crippen LogP contribution is -2.45. The van der Waals surface area contributed by atoms with Crippen molar-refractivity contribution in [1.29, 1.82) is 0 Å². The molecule has 2 fully saturated rings. The summed E-state index contributed by atoms with van der Waals surface area (Å²) in [5.41, 5.74) is -0.226. The van der Waals surface area contributed by atoms with Crippen LogP contribution in [0.5, 0.6) is 0 Å². The molecule has 1 aromatic heterocycles. The van der Waals surface area contributed by atoms with Crippen LogP contribution in [0.2, 0.25) is 8.80 Å². The lowest BCUT2D eigenvalue weighted by atomic mass is 9.88. The number of nitrogens with one attached hydrogen (secondary N) is 1. The summed E-state index contributed by atoms with van der Waals surface area (Å²) in [4.78, 5) is 30.7. The molecule has 12 heteroatoms. The molecule has 156 valence electrons. The number of rotatable bonds is 5.